The summed E-state index contributed by atoms with van der Waals surface area (Å²) in [5.74, 6) is 0.796. The summed E-state index contributed by atoms with van der Waals surface area (Å²) >= 11 is 0. The smallest absolute Gasteiger partial charge is 0.189 e. The molecule has 1 aliphatic rings. The minimum atomic E-state index is -0.453. The van der Waals surface area contributed by atoms with E-state index in [-0.39, 0.29) is 0 Å². The summed E-state index contributed by atoms with van der Waals surface area (Å²) < 4.78 is 6.19. The third-order valence-corrected chi connectivity index (χ3v) is 3.61. The Bertz CT molecular complexity index is 618. The fourth-order valence-electron chi connectivity index (χ4n) is 2.54. The first-order valence-corrected chi connectivity index (χ1v) is 6.65. The first-order valence-electron chi connectivity index (χ1n) is 6.65. The standard InChI is InChI=1S/C17H17NO/c1-3-16-18-15-12-8-7-11-14(15)17(2,19-16)13-9-5-4-6-10-13/h4-12H,3H2,1-2H3. The van der Waals surface area contributed by atoms with Crippen molar-refractivity contribution in [2.45, 2.75) is 25.9 Å². The molecule has 0 bridgehead atoms. The second-order valence-corrected chi connectivity index (χ2v) is 4.88. The maximum atomic E-state index is 6.19. The Labute approximate surface area is 113 Å². The van der Waals surface area contributed by atoms with Gasteiger partial charge >= 0.3 is 0 Å². The zero-order chi connectivity index (χ0) is 13.3. The van der Waals surface area contributed by atoms with E-state index in [4.69, 9.17) is 4.74 Å². The lowest BCUT2D eigenvalue weighted by Gasteiger charge is -2.36. The van der Waals surface area contributed by atoms with Gasteiger partial charge in [0.05, 0.1) is 5.69 Å². The number of ether oxygens (including phenoxy) is 1. The first kappa shape index (κ1) is 12.0. The van der Waals surface area contributed by atoms with Gasteiger partial charge in [0.25, 0.3) is 0 Å². The topological polar surface area (TPSA) is 21.6 Å². The fraction of sp³-hybridized carbons (Fsp3) is 0.235. The van der Waals surface area contributed by atoms with Crippen molar-refractivity contribution >= 4 is 11.6 Å². The minimum Gasteiger partial charge on any atom is -0.465 e. The molecule has 0 spiro atoms. The van der Waals surface area contributed by atoms with Crippen molar-refractivity contribution in [1.82, 2.24) is 0 Å². The van der Waals surface area contributed by atoms with Gasteiger partial charge in [-0.2, -0.15) is 0 Å². The highest BCUT2D eigenvalue weighted by molar-refractivity contribution is 5.83. The number of nitrogens with zero attached hydrogens (tertiary/aromatic N) is 1. The summed E-state index contributed by atoms with van der Waals surface area (Å²) in [7, 11) is 0. The van der Waals surface area contributed by atoms with E-state index in [1.807, 2.05) is 30.3 Å². The van der Waals surface area contributed by atoms with E-state index in [2.05, 4.69) is 43.1 Å². The lowest BCUT2D eigenvalue weighted by atomic mass is 9.86. The van der Waals surface area contributed by atoms with E-state index >= 15 is 0 Å². The molecule has 0 saturated carbocycles. The van der Waals surface area contributed by atoms with Gasteiger partial charge in [-0.3, -0.25) is 0 Å². The maximum absolute atomic E-state index is 6.19. The van der Waals surface area contributed by atoms with Gasteiger partial charge in [0, 0.05) is 12.0 Å². The van der Waals surface area contributed by atoms with Crippen molar-refractivity contribution in [2.75, 3.05) is 0 Å². The van der Waals surface area contributed by atoms with Crippen LogP contribution in [-0.2, 0) is 10.3 Å². The van der Waals surface area contributed by atoms with Crippen LogP contribution in [-0.4, -0.2) is 5.90 Å². The molecule has 0 fully saturated rings. The van der Waals surface area contributed by atoms with Crippen LogP contribution in [0.2, 0.25) is 0 Å². The van der Waals surface area contributed by atoms with Crippen molar-refractivity contribution in [3.8, 4) is 0 Å². The number of benzene rings is 2. The van der Waals surface area contributed by atoms with Crippen LogP contribution < -0.4 is 0 Å². The number of hydrogen-bond donors (Lipinski definition) is 0. The van der Waals surface area contributed by atoms with E-state index in [1.54, 1.807) is 0 Å². The molecule has 1 heterocycles. The molecule has 1 unspecified atom stereocenters. The zero-order valence-electron chi connectivity index (χ0n) is 11.3. The van der Waals surface area contributed by atoms with E-state index in [1.165, 1.54) is 0 Å². The monoisotopic (exact) mass is 251 g/mol. The molecule has 19 heavy (non-hydrogen) atoms. The molecule has 96 valence electrons. The summed E-state index contributed by atoms with van der Waals surface area (Å²) in [4.78, 5) is 4.58. The first-order chi connectivity index (χ1) is 9.24. The van der Waals surface area contributed by atoms with Crippen LogP contribution in [0.3, 0.4) is 0 Å². The molecule has 0 N–H and O–H groups in total. The number of aliphatic imine (C=N–C) groups is 1. The van der Waals surface area contributed by atoms with Crippen LogP contribution in [0.5, 0.6) is 0 Å². The van der Waals surface area contributed by atoms with Gasteiger partial charge in [0.15, 0.2) is 11.5 Å². The van der Waals surface area contributed by atoms with Crippen LogP contribution in [0.15, 0.2) is 59.6 Å². The molecule has 2 heteroatoms. The molecule has 0 saturated heterocycles. The molecule has 2 nitrogen and oxygen atoms in total. The van der Waals surface area contributed by atoms with Gasteiger partial charge in [0.1, 0.15) is 0 Å². The molecule has 2 aromatic carbocycles. The highest BCUT2D eigenvalue weighted by Crippen LogP contribution is 2.42. The second kappa shape index (κ2) is 4.54. The molecule has 1 atom stereocenters. The van der Waals surface area contributed by atoms with Gasteiger partial charge in [-0.05, 0) is 18.6 Å². The molecule has 3 rings (SSSR count). The molecule has 0 aliphatic carbocycles. The molecule has 1 aliphatic heterocycles. The number of para-hydroxylation sites is 1. The Morgan fingerprint density at radius 3 is 2.42 bits per heavy atom. The van der Waals surface area contributed by atoms with Gasteiger partial charge in [0.2, 0.25) is 0 Å². The van der Waals surface area contributed by atoms with Crippen LogP contribution in [0, 0.1) is 0 Å². The predicted octanol–water partition coefficient (Wildman–Crippen LogP) is 4.42. The Kier molecular flexibility index (Phi) is 2.86. The average Bonchev–Trinajstić information content (AvgIpc) is 2.48. The van der Waals surface area contributed by atoms with Crippen LogP contribution >= 0.6 is 0 Å². The second-order valence-electron chi connectivity index (χ2n) is 4.88. The lowest BCUT2D eigenvalue weighted by molar-refractivity contribution is 0.109. The molecule has 2 aromatic rings. The maximum Gasteiger partial charge on any atom is 0.189 e. The minimum absolute atomic E-state index is 0.453. The van der Waals surface area contributed by atoms with Crippen LogP contribution in [0.4, 0.5) is 5.69 Å². The quantitative estimate of drug-likeness (QED) is 0.774. The van der Waals surface area contributed by atoms with E-state index in [0.29, 0.717) is 0 Å². The Morgan fingerprint density at radius 2 is 1.68 bits per heavy atom. The largest absolute Gasteiger partial charge is 0.465 e. The summed E-state index contributed by atoms with van der Waals surface area (Å²) in [6.45, 7) is 4.18. The lowest BCUT2D eigenvalue weighted by Crippen LogP contribution is -2.32. The van der Waals surface area contributed by atoms with E-state index < -0.39 is 5.60 Å². The molecule has 0 radical (unpaired) electrons. The predicted molar refractivity (Wildman–Crippen MR) is 77.8 cm³/mol. The highest BCUT2D eigenvalue weighted by Gasteiger charge is 2.36. The molecular formula is C17H17NO. The van der Waals surface area contributed by atoms with Crippen molar-refractivity contribution in [2.24, 2.45) is 4.99 Å². The highest BCUT2D eigenvalue weighted by atomic mass is 16.5. The Hall–Kier alpha value is -2.09. The summed E-state index contributed by atoms with van der Waals surface area (Å²) in [6, 6.07) is 18.5. The third kappa shape index (κ3) is 1.93. The SMILES string of the molecule is CCC1=Nc2ccccc2C(C)(c2ccccc2)O1. The number of rotatable bonds is 2. The summed E-state index contributed by atoms with van der Waals surface area (Å²) in [5.41, 5.74) is 2.84. The number of hydrogen-bond acceptors (Lipinski definition) is 2. The molecular weight excluding hydrogens is 234 g/mol. The number of fused-ring (bicyclic) bond motifs is 1. The summed E-state index contributed by atoms with van der Waals surface area (Å²) in [5, 5.41) is 0. The van der Waals surface area contributed by atoms with Crippen molar-refractivity contribution in [3.63, 3.8) is 0 Å². The van der Waals surface area contributed by atoms with Gasteiger partial charge in [-0.25, -0.2) is 4.99 Å². The third-order valence-electron chi connectivity index (χ3n) is 3.61. The summed E-state index contributed by atoms with van der Waals surface area (Å²) in [6.07, 6.45) is 0.802. The van der Waals surface area contributed by atoms with E-state index in [9.17, 15) is 0 Å². The van der Waals surface area contributed by atoms with Gasteiger partial charge in [-0.15, -0.1) is 0 Å². The fourth-order valence-corrected chi connectivity index (χ4v) is 2.54. The Balaban J connectivity index is 2.20. The van der Waals surface area contributed by atoms with Crippen molar-refractivity contribution < 1.29 is 4.74 Å². The molecule has 0 amide bonds. The van der Waals surface area contributed by atoms with Gasteiger partial charge < -0.3 is 4.74 Å². The van der Waals surface area contributed by atoms with Crippen molar-refractivity contribution in [1.29, 1.82) is 0 Å². The normalized spacial score (nSPS) is 21.3. The average molecular weight is 251 g/mol. The zero-order valence-corrected chi connectivity index (χ0v) is 11.3. The van der Waals surface area contributed by atoms with Gasteiger partial charge in [-0.1, -0.05) is 55.5 Å². The van der Waals surface area contributed by atoms with E-state index in [0.717, 1.165) is 29.1 Å². The van der Waals surface area contributed by atoms with Crippen LogP contribution in [0.1, 0.15) is 31.4 Å². The molecule has 0 aromatic heterocycles. The van der Waals surface area contributed by atoms with Crippen molar-refractivity contribution in [3.05, 3.63) is 65.7 Å². The van der Waals surface area contributed by atoms with Crippen LogP contribution in [0.25, 0.3) is 0 Å². The Morgan fingerprint density at radius 1 is 1.00 bits per heavy atom.